The molecule has 7 heteroatoms. The smallest absolute Gasteiger partial charge is 0.260 e. The van der Waals surface area contributed by atoms with E-state index < -0.39 is 5.82 Å². The van der Waals surface area contributed by atoms with Gasteiger partial charge in [0.25, 0.3) is 11.8 Å². The molecule has 2 amide bonds. The molecule has 0 aromatic heterocycles. The Kier molecular flexibility index (Phi) is 6.54. The van der Waals surface area contributed by atoms with Crippen LogP contribution in [0.3, 0.4) is 0 Å². The van der Waals surface area contributed by atoms with E-state index in [0.717, 1.165) is 0 Å². The summed E-state index contributed by atoms with van der Waals surface area (Å²) in [5, 5.41) is 2.52. The normalized spacial score (nSPS) is 10.2. The van der Waals surface area contributed by atoms with E-state index in [1.54, 1.807) is 37.4 Å². The molecular formula is C19H21FN2O4. The number of hydrogen-bond acceptors (Lipinski definition) is 4. The first kappa shape index (κ1) is 19.2. The maximum atomic E-state index is 13.7. The third-order valence-electron chi connectivity index (χ3n) is 3.75. The van der Waals surface area contributed by atoms with Crippen LogP contribution in [0.25, 0.3) is 0 Å². The number of likely N-dealkylation sites (N-methyl/N-ethyl adjacent to an activating group) is 1. The summed E-state index contributed by atoms with van der Waals surface area (Å²) >= 11 is 0. The van der Waals surface area contributed by atoms with E-state index in [2.05, 4.69) is 5.32 Å². The van der Waals surface area contributed by atoms with Crippen molar-refractivity contribution < 1.29 is 23.5 Å². The Labute approximate surface area is 151 Å². The highest BCUT2D eigenvalue weighted by atomic mass is 19.1. The van der Waals surface area contributed by atoms with Gasteiger partial charge in [-0.15, -0.1) is 0 Å². The van der Waals surface area contributed by atoms with E-state index in [-0.39, 0.29) is 30.7 Å². The molecule has 2 aromatic carbocycles. The highest BCUT2D eigenvalue weighted by Gasteiger charge is 2.12. The monoisotopic (exact) mass is 360 g/mol. The van der Waals surface area contributed by atoms with Crippen molar-refractivity contribution in [3.8, 4) is 11.5 Å². The molecule has 0 saturated heterocycles. The lowest BCUT2D eigenvalue weighted by Gasteiger charge is -2.18. The molecule has 0 radical (unpaired) electrons. The zero-order chi connectivity index (χ0) is 19.1. The quantitative estimate of drug-likeness (QED) is 0.822. The number of nitrogens with one attached hydrogen (secondary N) is 1. The predicted octanol–water partition coefficient (Wildman–Crippen LogP) is 2.23. The first-order chi connectivity index (χ1) is 12.4. The van der Waals surface area contributed by atoms with Crippen molar-refractivity contribution >= 4 is 11.8 Å². The van der Waals surface area contributed by atoms with Gasteiger partial charge in [-0.25, -0.2) is 4.39 Å². The van der Waals surface area contributed by atoms with Gasteiger partial charge in [-0.05, 0) is 35.9 Å². The van der Waals surface area contributed by atoms with E-state index in [1.807, 2.05) is 0 Å². The standard InChI is InChI=1S/C19H21FN2O4/c1-21-19(24)14-5-4-6-15(10-14)26-12-18(23)22(2)11-13-7-8-17(25-3)16(20)9-13/h4-10H,11-12H2,1-3H3,(H,21,24). The summed E-state index contributed by atoms with van der Waals surface area (Å²) in [6.07, 6.45) is 0. The molecule has 0 atom stereocenters. The van der Waals surface area contributed by atoms with Crippen molar-refractivity contribution in [2.24, 2.45) is 0 Å². The van der Waals surface area contributed by atoms with Crippen LogP contribution in [0.4, 0.5) is 4.39 Å². The third-order valence-corrected chi connectivity index (χ3v) is 3.75. The van der Waals surface area contributed by atoms with Gasteiger partial charge in [0.1, 0.15) is 5.75 Å². The van der Waals surface area contributed by atoms with Crippen LogP contribution in [0, 0.1) is 5.82 Å². The van der Waals surface area contributed by atoms with E-state index in [1.165, 1.54) is 31.2 Å². The molecule has 0 bridgehead atoms. The Morgan fingerprint density at radius 1 is 1.19 bits per heavy atom. The van der Waals surface area contributed by atoms with Gasteiger partial charge in [0.15, 0.2) is 18.2 Å². The molecule has 0 spiro atoms. The number of benzene rings is 2. The number of methoxy groups -OCH3 is 1. The Hall–Kier alpha value is -3.09. The van der Waals surface area contributed by atoms with Crippen LogP contribution in [0.2, 0.25) is 0 Å². The van der Waals surface area contributed by atoms with Crippen molar-refractivity contribution in [2.75, 3.05) is 27.8 Å². The minimum atomic E-state index is -0.479. The Morgan fingerprint density at radius 2 is 1.96 bits per heavy atom. The van der Waals surface area contributed by atoms with Crippen LogP contribution in [-0.4, -0.2) is 44.5 Å². The molecule has 1 N–H and O–H groups in total. The van der Waals surface area contributed by atoms with Crippen LogP contribution in [-0.2, 0) is 11.3 Å². The second kappa shape index (κ2) is 8.84. The largest absolute Gasteiger partial charge is 0.494 e. The van der Waals surface area contributed by atoms with Crippen molar-refractivity contribution in [2.45, 2.75) is 6.54 Å². The average Bonchev–Trinajstić information content (AvgIpc) is 2.65. The summed E-state index contributed by atoms with van der Waals surface area (Å²) in [5.41, 5.74) is 1.08. The summed E-state index contributed by atoms with van der Waals surface area (Å²) in [6, 6.07) is 11.1. The minimum absolute atomic E-state index is 0.155. The summed E-state index contributed by atoms with van der Waals surface area (Å²) in [4.78, 5) is 25.2. The molecule has 6 nitrogen and oxygen atoms in total. The molecule has 26 heavy (non-hydrogen) atoms. The van der Waals surface area contributed by atoms with Gasteiger partial charge in [0, 0.05) is 26.2 Å². The van der Waals surface area contributed by atoms with Crippen LogP contribution in [0.15, 0.2) is 42.5 Å². The van der Waals surface area contributed by atoms with Gasteiger partial charge in [-0.2, -0.15) is 0 Å². The summed E-state index contributed by atoms with van der Waals surface area (Å²) in [6.45, 7) is 0.0493. The van der Waals surface area contributed by atoms with Gasteiger partial charge in [-0.1, -0.05) is 12.1 Å². The summed E-state index contributed by atoms with van der Waals surface area (Å²) < 4.78 is 24.0. The van der Waals surface area contributed by atoms with Crippen LogP contribution in [0.1, 0.15) is 15.9 Å². The number of halogens is 1. The SMILES string of the molecule is CNC(=O)c1cccc(OCC(=O)N(C)Cc2ccc(OC)c(F)c2)c1. The van der Waals surface area contributed by atoms with E-state index in [4.69, 9.17) is 9.47 Å². The number of amides is 2. The molecule has 0 fully saturated rings. The molecule has 0 saturated carbocycles. The maximum absolute atomic E-state index is 13.7. The highest BCUT2D eigenvalue weighted by molar-refractivity contribution is 5.94. The fourth-order valence-corrected chi connectivity index (χ4v) is 2.30. The van der Waals surface area contributed by atoms with Gasteiger partial charge in [0.2, 0.25) is 0 Å². The number of rotatable bonds is 7. The number of carbonyl (C=O) groups excluding carboxylic acids is 2. The highest BCUT2D eigenvalue weighted by Crippen LogP contribution is 2.18. The second-order valence-electron chi connectivity index (χ2n) is 5.61. The van der Waals surface area contributed by atoms with E-state index in [0.29, 0.717) is 16.9 Å². The minimum Gasteiger partial charge on any atom is -0.494 e. The molecule has 0 aliphatic carbocycles. The number of ether oxygens (including phenoxy) is 2. The van der Waals surface area contributed by atoms with Gasteiger partial charge < -0.3 is 19.7 Å². The van der Waals surface area contributed by atoms with Crippen LogP contribution in [0.5, 0.6) is 11.5 Å². The van der Waals surface area contributed by atoms with Gasteiger partial charge >= 0.3 is 0 Å². The summed E-state index contributed by atoms with van der Waals surface area (Å²) in [5.74, 6) is -0.412. The van der Waals surface area contributed by atoms with Crippen LogP contribution < -0.4 is 14.8 Å². The van der Waals surface area contributed by atoms with Crippen LogP contribution >= 0.6 is 0 Å². The van der Waals surface area contributed by atoms with E-state index >= 15 is 0 Å². The number of hydrogen-bond donors (Lipinski definition) is 1. The lowest BCUT2D eigenvalue weighted by molar-refractivity contribution is -0.132. The van der Waals surface area contributed by atoms with Gasteiger partial charge in [0.05, 0.1) is 7.11 Å². The average molecular weight is 360 g/mol. The fraction of sp³-hybridized carbons (Fsp3) is 0.263. The predicted molar refractivity (Wildman–Crippen MR) is 94.8 cm³/mol. The van der Waals surface area contributed by atoms with Crippen molar-refractivity contribution in [3.63, 3.8) is 0 Å². The molecule has 0 heterocycles. The van der Waals surface area contributed by atoms with Crippen molar-refractivity contribution in [1.82, 2.24) is 10.2 Å². The lowest BCUT2D eigenvalue weighted by Crippen LogP contribution is -2.31. The Balaban J connectivity index is 1.93. The zero-order valence-electron chi connectivity index (χ0n) is 14.9. The second-order valence-corrected chi connectivity index (χ2v) is 5.61. The molecule has 2 rings (SSSR count). The zero-order valence-corrected chi connectivity index (χ0v) is 14.9. The topological polar surface area (TPSA) is 67.9 Å². The molecule has 0 aliphatic rings. The number of nitrogens with zero attached hydrogens (tertiary/aromatic N) is 1. The number of carbonyl (C=O) groups is 2. The summed E-state index contributed by atoms with van der Waals surface area (Å²) in [7, 11) is 4.54. The molecule has 138 valence electrons. The maximum Gasteiger partial charge on any atom is 0.260 e. The molecule has 0 aliphatic heterocycles. The lowest BCUT2D eigenvalue weighted by atomic mass is 10.2. The third kappa shape index (κ3) is 4.95. The first-order valence-electron chi connectivity index (χ1n) is 7.96. The Bertz CT molecular complexity index is 795. The molecule has 2 aromatic rings. The first-order valence-corrected chi connectivity index (χ1v) is 7.96. The molecule has 0 unspecified atom stereocenters. The van der Waals surface area contributed by atoms with E-state index in [9.17, 15) is 14.0 Å². The fourth-order valence-electron chi connectivity index (χ4n) is 2.30. The van der Waals surface area contributed by atoms with Gasteiger partial charge in [-0.3, -0.25) is 9.59 Å². The van der Waals surface area contributed by atoms with Crippen molar-refractivity contribution in [3.05, 3.63) is 59.4 Å². The molecular weight excluding hydrogens is 339 g/mol. The Morgan fingerprint density at radius 3 is 2.62 bits per heavy atom. The van der Waals surface area contributed by atoms with Crippen molar-refractivity contribution in [1.29, 1.82) is 0 Å².